The summed E-state index contributed by atoms with van der Waals surface area (Å²) in [6.07, 6.45) is -5.92. The molecule has 0 fully saturated rings. The van der Waals surface area contributed by atoms with Crippen LogP contribution in [0.25, 0.3) is 0 Å². The van der Waals surface area contributed by atoms with Crippen LogP contribution in [0, 0.1) is 0 Å². The SMILES string of the molecule is O=C(CC(F)(F)F)NCc1ccc(CCl)cc1. The van der Waals surface area contributed by atoms with Crippen LogP contribution in [-0.4, -0.2) is 12.1 Å². The van der Waals surface area contributed by atoms with Crippen LogP contribution in [0.5, 0.6) is 0 Å². The summed E-state index contributed by atoms with van der Waals surface area (Å²) in [7, 11) is 0. The van der Waals surface area contributed by atoms with Gasteiger partial charge in [0.2, 0.25) is 5.91 Å². The number of nitrogens with one attached hydrogen (secondary N) is 1. The molecule has 0 aliphatic rings. The van der Waals surface area contributed by atoms with E-state index in [0.717, 1.165) is 11.1 Å². The van der Waals surface area contributed by atoms with Crippen molar-refractivity contribution in [1.82, 2.24) is 5.32 Å². The molecule has 1 aromatic carbocycles. The van der Waals surface area contributed by atoms with Gasteiger partial charge < -0.3 is 5.32 Å². The number of hydrogen-bond acceptors (Lipinski definition) is 1. The Labute approximate surface area is 102 Å². The van der Waals surface area contributed by atoms with E-state index in [1.165, 1.54) is 0 Å². The molecule has 0 saturated carbocycles. The molecule has 1 N–H and O–H groups in total. The number of hydrogen-bond donors (Lipinski definition) is 1. The summed E-state index contributed by atoms with van der Waals surface area (Å²) in [6, 6.07) is 6.95. The second kappa shape index (κ2) is 5.91. The van der Waals surface area contributed by atoms with Crippen LogP contribution in [-0.2, 0) is 17.2 Å². The van der Waals surface area contributed by atoms with Gasteiger partial charge in [-0.25, -0.2) is 0 Å². The zero-order chi connectivity index (χ0) is 12.9. The van der Waals surface area contributed by atoms with Crippen LogP contribution in [0.4, 0.5) is 13.2 Å². The minimum absolute atomic E-state index is 0.0808. The molecule has 0 aliphatic carbocycles. The van der Waals surface area contributed by atoms with Crippen LogP contribution in [0.2, 0.25) is 0 Å². The van der Waals surface area contributed by atoms with Crippen LogP contribution >= 0.6 is 11.6 Å². The lowest BCUT2D eigenvalue weighted by atomic mass is 10.1. The Morgan fingerprint density at radius 1 is 1.18 bits per heavy atom. The number of rotatable bonds is 4. The first kappa shape index (κ1) is 13.8. The van der Waals surface area contributed by atoms with Gasteiger partial charge in [-0.2, -0.15) is 13.2 Å². The van der Waals surface area contributed by atoms with Crippen LogP contribution < -0.4 is 5.32 Å². The molecule has 17 heavy (non-hydrogen) atoms. The molecule has 0 saturated heterocycles. The lowest BCUT2D eigenvalue weighted by Crippen LogP contribution is -2.28. The number of alkyl halides is 4. The highest BCUT2D eigenvalue weighted by atomic mass is 35.5. The Hall–Kier alpha value is -1.23. The molecule has 1 aromatic rings. The Kier molecular flexibility index (Phi) is 4.81. The summed E-state index contributed by atoms with van der Waals surface area (Å²) < 4.78 is 35.6. The predicted molar refractivity (Wildman–Crippen MR) is 58.5 cm³/mol. The maximum atomic E-state index is 11.9. The van der Waals surface area contributed by atoms with Crippen molar-refractivity contribution in [2.75, 3.05) is 0 Å². The van der Waals surface area contributed by atoms with Crippen molar-refractivity contribution in [3.63, 3.8) is 0 Å². The Morgan fingerprint density at radius 2 is 1.71 bits per heavy atom. The van der Waals surface area contributed by atoms with Crippen LogP contribution in [0.3, 0.4) is 0 Å². The number of carbonyl (C=O) groups is 1. The third-order valence-electron chi connectivity index (χ3n) is 2.03. The first-order chi connectivity index (χ1) is 7.90. The molecular weight excluding hydrogens is 255 g/mol. The second-order valence-corrected chi connectivity index (χ2v) is 3.79. The van der Waals surface area contributed by atoms with Crippen molar-refractivity contribution in [2.45, 2.75) is 25.0 Å². The number of halogens is 4. The highest BCUT2D eigenvalue weighted by Crippen LogP contribution is 2.19. The van der Waals surface area contributed by atoms with Crippen molar-refractivity contribution >= 4 is 17.5 Å². The number of amides is 1. The fourth-order valence-corrected chi connectivity index (χ4v) is 1.37. The van der Waals surface area contributed by atoms with E-state index in [2.05, 4.69) is 5.32 Å². The summed E-state index contributed by atoms with van der Waals surface area (Å²) >= 11 is 5.58. The quantitative estimate of drug-likeness (QED) is 0.833. The topological polar surface area (TPSA) is 29.1 Å². The molecule has 94 valence electrons. The number of carbonyl (C=O) groups excluding carboxylic acids is 1. The minimum Gasteiger partial charge on any atom is -0.352 e. The van der Waals surface area contributed by atoms with Crippen molar-refractivity contribution in [3.05, 3.63) is 35.4 Å². The van der Waals surface area contributed by atoms with Gasteiger partial charge in [-0.3, -0.25) is 4.79 Å². The first-order valence-electron chi connectivity index (χ1n) is 4.88. The summed E-state index contributed by atoms with van der Waals surface area (Å²) in [5, 5.41) is 2.20. The van der Waals surface area contributed by atoms with Crippen LogP contribution in [0.1, 0.15) is 17.5 Å². The molecule has 2 nitrogen and oxygen atoms in total. The highest BCUT2D eigenvalue weighted by molar-refractivity contribution is 6.17. The summed E-state index contributed by atoms with van der Waals surface area (Å²) in [6.45, 7) is 0.0808. The normalized spacial score (nSPS) is 11.3. The van der Waals surface area contributed by atoms with E-state index in [-0.39, 0.29) is 6.54 Å². The van der Waals surface area contributed by atoms with E-state index < -0.39 is 18.5 Å². The van der Waals surface area contributed by atoms with Crippen molar-refractivity contribution < 1.29 is 18.0 Å². The minimum atomic E-state index is -4.47. The standard InChI is InChI=1S/C11H11ClF3NO/c12-6-8-1-3-9(4-2-8)7-16-10(17)5-11(13,14)15/h1-4H,5-7H2,(H,16,17). The van der Waals surface area contributed by atoms with E-state index in [9.17, 15) is 18.0 Å². The fourth-order valence-electron chi connectivity index (χ4n) is 1.19. The zero-order valence-corrected chi connectivity index (χ0v) is 9.61. The Morgan fingerprint density at radius 3 is 2.18 bits per heavy atom. The average Bonchev–Trinajstić information content (AvgIpc) is 2.25. The van der Waals surface area contributed by atoms with Gasteiger partial charge in [0.05, 0.1) is 0 Å². The van der Waals surface area contributed by atoms with E-state index >= 15 is 0 Å². The van der Waals surface area contributed by atoms with E-state index in [1.54, 1.807) is 24.3 Å². The predicted octanol–water partition coefficient (Wildman–Crippen LogP) is 2.99. The van der Waals surface area contributed by atoms with Crippen LogP contribution in [0.15, 0.2) is 24.3 Å². The lowest BCUT2D eigenvalue weighted by molar-refractivity contribution is -0.153. The van der Waals surface area contributed by atoms with Crippen molar-refractivity contribution in [1.29, 1.82) is 0 Å². The molecule has 0 atom stereocenters. The van der Waals surface area contributed by atoms with Gasteiger partial charge in [0.15, 0.2) is 0 Å². The highest BCUT2D eigenvalue weighted by Gasteiger charge is 2.30. The molecule has 6 heteroatoms. The molecule has 0 radical (unpaired) electrons. The van der Waals surface area contributed by atoms with Gasteiger partial charge in [0.1, 0.15) is 6.42 Å². The van der Waals surface area contributed by atoms with Gasteiger partial charge in [0, 0.05) is 12.4 Å². The molecule has 0 heterocycles. The summed E-state index contributed by atoms with van der Waals surface area (Å²) in [5.41, 5.74) is 1.64. The fraction of sp³-hybridized carbons (Fsp3) is 0.364. The molecule has 0 aromatic heterocycles. The second-order valence-electron chi connectivity index (χ2n) is 3.52. The van der Waals surface area contributed by atoms with Crippen molar-refractivity contribution in [2.24, 2.45) is 0 Å². The molecule has 0 aliphatic heterocycles. The third kappa shape index (κ3) is 5.58. The van der Waals surface area contributed by atoms with E-state index in [0.29, 0.717) is 5.88 Å². The maximum absolute atomic E-state index is 11.9. The van der Waals surface area contributed by atoms with E-state index in [1.807, 2.05) is 0 Å². The maximum Gasteiger partial charge on any atom is 0.397 e. The van der Waals surface area contributed by atoms with Gasteiger partial charge in [0.25, 0.3) is 0 Å². The summed E-state index contributed by atoms with van der Waals surface area (Å²) in [5.74, 6) is -0.653. The molecule has 0 unspecified atom stereocenters. The monoisotopic (exact) mass is 265 g/mol. The smallest absolute Gasteiger partial charge is 0.352 e. The van der Waals surface area contributed by atoms with Crippen molar-refractivity contribution in [3.8, 4) is 0 Å². The third-order valence-corrected chi connectivity index (χ3v) is 2.34. The average molecular weight is 266 g/mol. The Bertz CT molecular complexity index is 375. The molecule has 1 amide bonds. The van der Waals surface area contributed by atoms with Gasteiger partial charge in [-0.1, -0.05) is 24.3 Å². The molecule has 0 bridgehead atoms. The first-order valence-corrected chi connectivity index (χ1v) is 5.41. The summed E-state index contributed by atoms with van der Waals surface area (Å²) in [4.78, 5) is 10.9. The Balaban J connectivity index is 2.42. The molecule has 0 spiro atoms. The lowest BCUT2D eigenvalue weighted by Gasteiger charge is -2.08. The molecular formula is C11H11ClF3NO. The van der Waals surface area contributed by atoms with Gasteiger partial charge in [-0.05, 0) is 11.1 Å². The van der Waals surface area contributed by atoms with Gasteiger partial charge in [-0.15, -0.1) is 11.6 Å². The zero-order valence-electron chi connectivity index (χ0n) is 8.85. The van der Waals surface area contributed by atoms with E-state index in [4.69, 9.17) is 11.6 Å². The largest absolute Gasteiger partial charge is 0.397 e. The number of benzene rings is 1. The van der Waals surface area contributed by atoms with Gasteiger partial charge >= 0.3 is 6.18 Å². The molecule has 1 rings (SSSR count).